The van der Waals surface area contributed by atoms with Gasteiger partial charge in [0.05, 0.1) is 22.5 Å². The molecule has 0 aromatic carbocycles. The number of nitrogens with two attached hydrogens (primary N) is 1. The van der Waals surface area contributed by atoms with Crippen LogP contribution in [0.25, 0.3) is 0 Å². The van der Waals surface area contributed by atoms with Crippen molar-refractivity contribution in [3.63, 3.8) is 0 Å². The summed E-state index contributed by atoms with van der Waals surface area (Å²) in [6.07, 6.45) is 0.566. The zero-order valence-electron chi connectivity index (χ0n) is 10.1. The number of aryl methyl sites for hydroxylation is 2. The van der Waals surface area contributed by atoms with E-state index in [1.807, 2.05) is 14.0 Å². The quantitative estimate of drug-likeness (QED) is 0.669. The molecule has 2 rings (SSSR count). The molecule has 0 fully saturated rings. The van der Waals surface area contributed by atoms with Gasteiger partial charge in [-0.15, -0.1) is 0 Å². The Kier molecular flexibility index (Phi) is 3.97. The SMILES string of the molecule is Cc1nn(C)c(CC(NN)c2ccc(Cl)o2)c1Cl. The van der Waals surface area contributed by atoms with Gasteiger partial charge in [0, 0.05) is 13.5 Å². The van der Waals surface area contributed by atoms with Crippen LogP contribution in [0.5, 0.6) is 0 Å². The summed E-state index contributed by atoms with van der Waals surface area (Å²) >= 11 is 12.0. The number of halogens is 2. The number of hydrogen-bond acceptors (Lipinski definition) is 4. The third-order valence-electron chi connectivity index (χ3n) is 2.80. The van der Waals surface area contributed by atoms with Crippen LogP contribution in [0.15, 0.2) is 16.5 Å². The highest BCUT2D eigenvalue weighted by molar-refractivity contribution is 6.31. The van der Waals surface area contributed by atoms with Crippen LogP contribution in [-0.4, -0.2) is 9.78 Å². The molecule has 2 heterocycles. The highest BCUT2D eigenvalue weighted by atomic mass is 35.5. The van der Waals surface area contributed by atoms with Crippen molar-refractivity contribution in [2.24, 2.45) is 12.9 Å². The smallest absolute Gasteiger partial charge is 0.193 e. The van der Waals surface area contributed by atoms with E-state index in [2.05, 4.69) is 10.5 Å². The number of furan rings is 1. The van der Waals surface area contributed by atoms with Gasteiger partial charge in [0.2, 0.25) is 0 Å². The van der Waals surface area contributed by atoms with E-state index >= 15 is 0 Å². The van der Waals surface area contributed by atoms with E-state index in [0.717, 1.165) is 11.4 Å². The molecule has 3 N–H and O–H groups in total. The molecular formula is C11H14Cl2N4O. The van der Waals surface area contributed by atoms with Gasteiger partial charge >= 0.3 is 0 Å². The summed E-state index contributed by atoms with van der Waals surface area (Å²) in [6, 6.07) is 3.26. The molecule has 5 nitrogen and oxygen atoms in total. The lowest BCUT2D eigenvalue weighted by Gasteiger charge is -2.13. The molecule has 7 heteroatoms. The van der Waals surface area contributed by atoms with Crippen LogP contribution in [0.4, 0.5) is 0 Å². The molecule has 0 radical (unpaired) electrons. The molecule has 0 bridgehead atoms. The van der Waals surface area contributed by atoms with E-state index in [9.17, 15) is 0 Å². The van der Waals surface area contributed by atoms with Crippen molar-refractivity contribution in [1.29, 1.82) is 0 Å². The number of nitrogens with one attached hydrogen (secondary N) is 1. The second-order valence-electron chi connectivity index (χ2n) is 4.03. The van der Waals surface area contributed by atoms with Crippen LogP contribution in [-0.2, 0) is 13.5 Å². The molecule has 0 aliphatic carbocycles. The maximum Gasteiger partial charge on any atom is 0.193 e. The predicted octanol–water partition coefficient (Wildman–Crippen LogP) is 2.38. The van der Waals surface area contributed by atoms with Gasteiger partial charge in [-0.2, -0.15) is 5.10 Å². The number of aromatic nitrogens is 2. The standard InChI is InChI=1S/C11H14Cl2N4O/c1-6-11(13)8(17(2)16-6)5-7(15-14)9-3-4-10(12)18-9/h3-4,7,15H,5,14H2,1-2H3. The third kappa shape index (κ3) is 2.54. The molecule has 0 amide bonds. The Morgan fingerprint density at radius 3 is 2.67 bits per heavy atom. The van der Waals surface area contributed by atoms with Crippen LogP contribution in [0, 0.1) is 6.92 Å². The highest BCUT2D eigenvalue weighted by Crippen LogP contribution is 2.27. The maximum atomic E-state index is 6.20. The minimum absolute atomic E-state index is 0.204. The lowest BCUT2D eigenvalue weighted by Crippen LogP contribution is -2.29. The molecule has 0 saturated heterocycles. The van der Waals surface area contributed by atoms with Crippen LogP contribution >= 0.6 is 23.2 Å². The molecule has 1 atom stereocenters. The Labute approximate surface area is 115 Å². The molecular weight excluding hydrogens is 275 g/mol. The van der Waals surface area contributed by atoms with Gasteiger partial charge in [-0.25, -0.2) is 5.43 Å². The Morgan fingerprint density at radius 1 is 1.50 bits per heavy atom. The monoisotopic (exact) mass is 288 g/mol. The fraction of sp³-hybridized carbons (Fsp3) is 0.364. The molecule has 2 aromatic heterocycles. The number of nitrogens with zero attached hydrogens (tertiary/aromatic N) is 2. The van der Waals surface area contributed by atoms with Gasteiger partial charge in [0.1, 0.15) is 5.76 Å². The van der Waals surface area contributed by atoms with Crippen molar-refractivity contribution in [1.82, 2.24) is 15.2 Å². The van der Waals surface area contributed by atoms with E-state index < -0.39 is 0 Å². The molecule has 0 spiro atoms. The van der Waals surface area contributed by atoms with E-state index in [1.165, 1.54) is 0 Å². The van der Waals surface area contributed by atoms with Gasteiger partial charge in [-0.05, 0) is 30.7 Å². The van der Waals surface area contributed by atoms with Gasteiger partial charge in [0.25, 0.3) is 0 Å². The van der Waals surface area contributed by atoms with E-state index in [4.69, 9.17) is 33.5 Å². The van der Waals surface area contributed by atoms with Crippen molar-refractivity contribution in [3.8, 4) is 0 Å². The molecule has 0 aliphatic heterocycles. The van der Waals surface area contributed by atoms with Crippen LogP contribution in [0.1, 0.15) is 23.2 Å². The largest absolute Gasteiger partial charge is 0.448 e. The summed E-state index contributed by atoms with van der Waals surface area (Å²) in [4.78, 5) is 0. The average Bonchev–Trinajstić information content (AvgIpc) is 2.84. The Hall–Kier alpha value is -1.01. The van der Waals surface area contributed by atoms with Crippen molar-refractivity contribution in [2.45, 2.75) is 19.4 Å². The molecule has 18 heavy (non-hydrogen) atoms. The summed E-state index contributed by atoms with van der Waals surface area (Å²) in [7, 11) is 1.84. The number of hydrazine groups is 1. The Bertz CT molecular complexity index is 549. The molecule has 0 aliphatic rings. The normalized spacial score (nSPS) is 12.9. The van der Waals surface area contributed by atoms with E-state index in [1.54, 1.807) is 16.8 Å². The van der Waals surface area contributed by atoms with Crippen molar-refractivity contribution in [3.05, 3.63) is 39.5 Å². The maximum absolute atomic E-state index is 6.20. The number of rotatable bonds is 4. The first kappa shape index (κ1) is 13.4. The van der Waals surface area contributed by atoms with E-state index in [-0.39, 0.29) is 6.04 Å². The van der Waals surface area contributed by atoms with Gasteiger partial charge < -0.3 is 4.42 Å². The van der Waals surface area contributed by atoms with Crippen LogP contribution < -0.4 is 11.3 Å². The topological polar surface area (TPSA) is 69.0 Å². The van der Waals surface area contributed by atoms with Crippen molar-refractivity contribution < 1.29 is 4.42 Å². The van der Waals surface area contributed by atoms with Gasteiger partial charge in [-0.1, -0.05) is 11.6 Å². The second-order valence-corrected chi connectivity index (χ2v) is 4.79. The predicted molar refractivity (Wildman–Crippen MR) is 70.4 cm³/mol. The van der Waals surface area contributed by atoms with Gasteiger partial charge in [-0.3, -0.25) is 10.5 Å². The lowest BCUT2D eigenvalue weighted by molar-refractivity contribution is 0.411. The summed E-state index contributed by atoms with van der Waals surface area (Å²) in [5.41, 5.74) is 4.38. The average molecular weight is 289 g/mol. The molecule has 2 aromatic rings. The van der Waals surface area contributed by atoms with Crippen LogP contribution in [0.3, 0.4) is 0 Å². The summed E-state index contributed by atoms with van der Waals surface area (Å²) in [6.45, 7) is 1.86. The van der Waals surface area contributed by atoms with Crippen LogP contribution in [0.2, 0.25) is 10.2 Å². The zero-order valence-corrected chi connectivity index (χ0v) is 11.6. The first-order chi connectivity index (χ1) is 8.52. The molecule has 98 valence electrons. The Balaban J connectivity index is 2.25. The van der Waals surface area contributed by atoms with E-state index in [0.29, 0.717) is 22.4 Å². The summed E-state index contributed by atoms with van der Waals surface area (Å²) in [5, 5.41) is 5.24. The van der Waals surface area contributed by atoms with Gasteiger partial charge in [0.15, 0.2) is 5.22 Å². The summed E-state index contributed by atoms with van der Waals surface area (Å²) < 4.78 is 7.09. The van der Waals surface area contributed by atoms with Crippen molar-refractivity contribution >= 4 is 23.2 Å². The minimum atomic E-state index is -0.204. The summed E-state index contributed by atoms with van der Waals surface area (Å²) in [5.74, 6) is 6.21. The lowest BCUT2D eigenvalue weighted by atomic mass is 10.1. The third-order valence-corrected chi connectivity index (χ3v) is 3.49. The fourth-order valence-electron chi connectivity index (χ4n) is 1.85. The second kappa shape index (κ2) is 5.32. The zero-order chi connectivity index (χ0) is 13.3. The highest BCUT2D eigenvalue weighted by Gasteiger charge is 2.20. The Morgan fingerprint density at radius 2 is 2.22 bits per heavy atom. The number of hydrogen-bond donors (Lipinski definition) is 2. The minimum Gasteiger partial charge on any atom is -0.448 e. The first-order valence-corrected chi connectivity index (χ1v) is 6.18. The molecule has 0 saturated carbocycles. The van der Waals surface area contributed by atoms with Crippen molar-refractivity contribution in [2.75, 3.05) is 0 Å². The fourth-order valence-corrected chi connectivity index (χ4v) is 2.24. The first-order valence-electron chi connectivity index (χ1n) is 5.42. The molecule has 1 unspecified atom stereocenters.